The first-order chi connectivity index (χ1) is 8.70. The van der Waals surface area contributed by atoms with Crippen LogP contribution in [0.3, 0.4) is 0 Å². The van der Waals surface area contributed by atoms with Crippen LogP contribution in [0.1, 0.15) is 5.56 Å². The molecule has 2 aromatic carbocycles. The number of hydrogen-bond donors (Lipinski definition) is 1. The molecule has 18 heavy (non-hydrogen) atoms. The molecular formula is C14H13BrO3. The van der Waals surface area contributed by atoms with Gasteiger partial charge in [0.15, 0.2) is 11.5 Å². The number of halogens is 1. The zero-order chi connectivity index (χ0) is 13.0. The highest BCUT2D eigenvalue weighted by atomic mass is 79.9. The first-order valence-electron chi connectivity index (χ1n) is 5.44. The van der Waals surface area contributed by atoms with Gasteiger partial charge in [-0.2, -0.15) is 0 Å². The van der Waals surface area contributed by atoms with Crippen molar-refractivity contribution in [1.82, 2.24) is 0 Å². The second-order valence-electron chi connectivity index (χ2n) is 3.73. The van der Waals surface area contributed by atoms with Crippen molar-refractivity contribution in [3.05, 3.63) is 52.5 Å². The van der Waals surface area contributed by atoms with Crippen LogP contribution in [-0.2, 0) is 6.61 Å². The normalized spacial score (nSPS) is 10.1. The van der Waals surface area contributed by atoms with E-state index >= 15 is 0 Å². The third kappa shape index (κ3) is 2.96. The number of benzene rings is 2. The lowest BCUT2D eigenvalue weighted by Gasteiger charge is -2.10. The van der Waals surface area contributed by atoms with Gasteiger partial charge in [0.1, 0.15) is 12.4 Å². The van der Waals surface area contributed by atoms with Crippen LogP contribution in [0.2, 0.25) is 0 Å². The summed E-state index contributed by atoms with van der Waals surface area (Å²) in [5, 5.41) is 9.68. The van der Waals surface area contributed by atoms with Gasteiger partial charge in [0.05, 0.1) is 11.6 Å². The van der Waals surface area contributed by atoms with Crippen molar-refractivity contribution in [2.45, 2.75) is 6.61 Å². The van der Waals surface area contributed by atoms with Crippen LogP contribution in [-0.4, -0.2) is 12.2 Å². The lowest BCUT2D eigenvalue weighted by atomic mass is 10.2. The molecule has 2 aromatic rings. The molecule has 0 amide bonds. The van der Waals surface area contributed by atoms with Gasteiger partial charge in [-0.1, -0.05) is 30.3 Å². The van der Waals surface area contributed by atoms with Crippen molar-refractivity contribution in [2.24, 2.45) is 0 Å². The predicted molar refractivity (Wildman–Crippen MR) is 73.1 cm³/mol. The Morgan fingerprint density at radius 1 is 1.17 bits per heavy atom. The SMILES string of the molecule is COc1cc(OCc2ccccc2)cc(Br)c1O. The Labute approximate surface area is 114 Å². The third-order valence-corrected chi connectivity index (χ3v) is 3.07. The molecule has 94 valence electrons. The molecule has 0 aromatic heterocycles. The molecule has 0 radical (unpaired) electrons. The minimum Gasteiger partial charge on any atom is -0.503 e. The number of ether oxygens (including phenoxy) is 2. The molecule has 0 heterocycles. The summed E-state index contributed by atoms with van der Waals surface area (Å²) in [6, 6.07) is 13.2. The minimum absolute atomic E-state index is 0.0737. The molecule has 0 saturated carbocycles. The van der Waals surface area contributed by atoms with Crippen molar-refractivity contribution < 1.29 is 14.6 Å². The Balaban J connectivity index is 2.13. The highest BCUT2D eigenvalue weighted by molar-refractivity contribution is 9.10. The molecule has 0 fully saturated rings. The van der Waals surface area contributed by atoms with Gasteiger partial charge in [-0.15, -0.1) is 0 Å². The first kappa shape index (κ1) is 12.8. The summed E-state index contributed by atoms with van der Waals surface area (Å²) in [6.07, 6.45) is 0. The van der Waals surface area contributed by atoms with Gasteiger partial charge in [0, 0.05) is 6.07 Å². The average Bonchev–Trinajstić information content (AvgIpc) is 2.41. The maximum absolute atomic E-state index is 9.68. The van der Waals surface area contributed by atoms with E-state index in [0.29, 0.717) is 22.6 Å². The fourth-order valence-corrected chi connectivity index (χ4v) is 1.95. The number of phenolic OH excluding ortho intramolecular Hbond substituents is 1. The topological polar surface area (TPSA) is 38.7 Å². The Morgan fingerprint density at radius 3 is 2.56 bits per heavy atom. The largest absolute Gasteiger partial charge is 0.503 e. The van der Waals surface area contributed by atoms with Crippen LogP contribution in [0.5, 0.6) is 17.2 Å². The van der Waals surface area contributed by atoms with Gasteiger partial charge in [-0.25, -0.2) is 0 Å². The molecule has 0 aliphatic heterocycles. The van der Waals surface area contributed by atoms with E-state index in [0.717, 1.165) is 5.56 Å². The van der Waals surface area contributed by atoms with E-state index in [9.17, 15) is 5.11 Å². The summed E-state index contributed by atoms with van der Waals surface area (Å²) in [7, 11) is 1.50. The fraction of sp³-hybridized carbons (Fsp3) is 0.143. The molecule has 4 heteroatoms. The maximum atomic E-state index is 9.68. The van der Waals surface area contributed by atoms with E-state index in [-0.39, 0.29) is 5.75 Å². The van der Waals surface area contributed by atoms with Crippen LogP contribution in [0.4, 0.5) is 0 Å². The van der Waals surface area contributed by atoms with E-state index in [1.54, 1.807) is 12.1 Å². The van der Waals surface area contributed by atoms with E-state index in [1.807, 2.05) is 30.3 Å². The third-order valence-electron chi connectivity index (χ3n) is 2.47. The molecule has 2 rings (SSSR count). The molecule has 0 aliphatic rings. The Hall–Kier alpha value is -1.68. The number of phenols is 1. The fourth-order valence-electron chi connectivity index (χ4n) is 1.53. The van der Waals surface area contributed by atoms with E-state index < -0.39 is 0 Å². The zero-order valence-corrected chi connectivity index (χ0v) is 11.5. The number of hydrogen-bond acceptors (Lipinski definition) is 3. The summed E-state index contributed by atoms with van der Waals surface area (Å²) in [6.45, 7) is 0.473. The number of aromatic hydroxyl groups is 1. The van der Waals surface area contributed by atoms with Crippen LogP contribution < -0.4 is 9.47 Å². The first-order valence-corrected chi connectivity index (χ1v) is 6.23. The zero-order valence-electron chi connectivity index (χ0n) is 9.89. The summed E-state index contributed by atoms with van der Waals surface area (Å²) < 4.78 is 11.3. The number of rotatable bonds is 4. The number of methoxy groups -OCH3 is 1. The Morgan fingerprint density at radius 2 is 1.89 bits per heavy atom. The van der Waals surface area contributed by atoms with Gasteiger partial charge >= 0.3 is 0 Å². The lowest BCUT2D eigenvalue weighted by molar-refractivity contribution is 0.301. The van der Waals surface area contributed by atoms with Crippen LogP contribution in [0.15, 0.2) is 46.9 Å². The summed E-state index contributed by atoms with van der Waals surface area (Å²) in [4.78, 5) is 0. The van der Waals surface area contributed by atoms with Crippen LogP contribution in [0, 0.1) is 0 Å². The molecule has 0 aliphatic carbocycles. The molecule has 0 saturated heterocycles. The highest BCUT2D eigenvalue weighted by Crippen LogP contribution is 2.38. The Kier molecular flexibility index (Phi) is 4.10. The average molecular weight is 309 g/mol. The van der Waals surface area contributed by atoms with E-state index in [4.69, 9.17) is 9.47 Å². The van der Waals surface area contributed by atoms with Crippen molar-refractivity contribution >= 4 is 15.9 Å². The van der Waals surface area contributed by atoms with Gasteiger partial charge in [0.2, 0.25) is 0 Å². The quantitative estimate of drug-likeness (QED) is 0.935. The van der Waals surface area contributed by atoms with Crippen LogP contribution in [0.25, 0.3) is 0 Å². The van der Waals surface area contributed by atoms with Gasteiger partial charge in [0.25, 0.3) is 0 Å². The van der Waals surface area contributed by atoms with Crippen molar-refractivity contribution in [3.63, 3.8) is 0 Å². The van der Waals surface area contributed by atoms with Gasteiger partial charge in [-0.05, 0) is 27.6 Å². The monoisotopic (exact) mass is 308 g/mol. The van der Waals surface area contributed by atoms with Crippen molar-refractivity contribution in [3.8, 4) is 17.2 Å². The lowest BCUT2D eigenvalue weighted by Crippen LogP contribution is -1.96. The van der Waals surface area contributed by atoms with E-state index in [1.165, 1.54) is 7.11 Å². The van der Waals surface area contributed by atoms with E-state index in [2.05, 4.69) is 15.9 Å². The standard InChI is InChI=1S/C14H13BrO3/c1-17-13-8-11(7-12(15)14(13)16)18-9-10-5-3-2-4-6-10/h2-8,16H,9H2,1H3. The Bertz CT molecular complexity index is 526. The maximum Gasteiger partial charge on any atom is 0.172 e. The molecule has 0 bridgehead atoms. The molecule has 1 N–H and O–H groups in total. The predicted octanol–water partition coefficient (Wildman–Crippen LogP) is 3.74. The minimum atomic E-state index is 0.0737. The molecule has 0 atom stereocenters. The van der Waals surface area contributed by atoms with Crippen molar-refractivity contribution in [1.29, 1.82) is 0 Å². The second kappa shape index (κ2) is 5.78. The highest BCUT2D eigenvalue weighted by Gasteiger charge is 2.09. The van der Waals surface area contributed by atoms with Crippen LogP contribution >= 0.6 is 15.9 Å². The summed E-state index contributed by atoms with van der Waals surface area (Å²) in [5.74, 6) is 1.09. The second-order valence-corrected chi connectivity index (χ2v) is 4.58. The molecular weight excluding hydrogens is 296 g/mol. The summed E-state index contributed by atoms with van der Waals surface area (Å²) >= 11 is 3.25. The molecule has 3 nitrogen and oxygen atoms in total. The summed E-state index contributed by atoms with van der Waals surface area (Å²) in [5.41, 5.74) is 1.08. The molecule has 0 spiro atoms. The van der Waals surface area contributed by atoms with Gasteiger partial charge in [-0.3, -0.25) is 0 Å². The van der Waals surface area contributed by atoms with Crippen molar-refractivity contribution in [2.75, 3.05) is 7.11 Å². The smallest absolute Gasteiger partial charge is 0.172 e. The van der Waals surface area contributed by atoms with Gasteiger partial charge < -0.3 is 14.6 Å². The molecule has 0 unspecified atom stereocenters.